The molecule has 1 aromatic heterocycles. The Balaban J connectivity index is 2.19. The van der Waals surface area contributed by atoms with Crippen LogP contribution in [0.5, 0.6) is 0 Å². The number of anilines is 1. The van der Waals surface area contributed by atoms with E-state index in [0.717, 1.165) is 5.69 Å². The van der Waals surface area contributed by atoms with Crippen molar-refractivity contribution in [1.29, 1.82) is 0 Å². The molecule has 0 fully saturated rings. The Labute approximate surface area is 111 Å². The Hall–Kier alpha value is -2.18. The lowest BCUT2D eigenvalue weighted by Gasteiger charge is -2.14. The van der Waals surface area contributed by atoms with Gasteiger partial charge in [-0.3, -0.25) is 4.79 Å². The molecule has 0 aliphatic rings. The van der Waals surface area contributed by atoms with Crippen molar-refractivity contribution in [2.45, 2.75) is 6.04 Å². The largest absolute Gasteiger partial charge is 0.383 e. The van der Waals surface area contributed by atoms with E-state index in [1.807, 2.05) is 24.3 Å². The molecule has 0 spiro atoms. The molecule has 0 saturated carbocycles. The van der Waals surface area contributed by atoms with Gasteiger partial charge >= 0.3 is 0 Å². The Morgan fingerprint density at radius 3 is 2.95 bits per heavy atom. The monoisotopic (exact) mass is 260 g/mol. The van der Waals surface area contributed by atoms with Crippen molar-refractivity contribution >= 4 is 11.6 Å². The maximum atomic E-state index is 11.9. The minimum absolute atomic E-state index is 0.176. The number of nitrogens with zero attached hydrogens (tertiary/aromatic N) is 2. The van der Waals surface area contributed by atoms with Crippen molar-refractivity contribution in [2.75, 3.05) is 19.0 Å². The van der Waals surface area contributed by atoms with Gasteiger partial charge < -0.3 is 15.8 Å². The summed E-state index contributed by atoms with van der Waals surface area (Å²) in [5.74, 6) is -0.290. The molecule has 0 aliphatic heterocycles. The van der Waals surface area contributed by atoms with Gasteiger partial charge in [-0.1, -0.05) is 12.1 Å². The smallest absolute Gasteiger partial charge is 0.243 e. The van der Waals surface area contributed by atoms with E-state index in [9.17, 15) is 4.79 Å². The molecule has 3 N–H and O–H groups in total. The van der Waals surface area contributed by atoms with Crippen LogP contribution in [0.15, 0.2) is 42.7 Å². The molecule has 100 valence electrons. The van der Waals surface area contributed by atoms with E-state index >= 15 is 0 Å². The molecule has 6 nitrogen and oxygen atoms in total. The number of para-hydroxylation sites is 2. The number of methoxy groups -OCH3 is 1. The minimum atomic E-state index is -0.698. The zero-order valence-electron chi connectivity index (χ0n) is 10.6. The molecule has 1 unspecified atom stereocenters. The molecule has 0 aliphatic carbocycles. The van der Waals surface area contributed by atoms with Crippen LogP contribution in [0.25, 0.3) is 5.69 Å². The number of ether oxygens (including phenoxy) is 1. The van der Waals surface area contributed by atoms with E-state index < -0.39 is 6.04 Å². The van der Waals surface area contributed by atoms with Gasteiger partial charge in [0.1, 0.15) is 6.04 Å². The maximum Gasteiger partial charge on any atom is 0.243 e. The van der Waals surface area contributed by atoms with Crippen molar-refractivity contribution in [1.82, 2.24) is 9.78 Å². The van der Waals surface area contributed by atoms with Crippen LogP contribution < -0.4 is 11.1 Å². The highest BCUT2D eigenvalue weighted by molar-refractivity contribution is 5.96. The Kier molecular flexibility index (Phi) is 4.27. The second kappa shape index (κ2) is 6.12. The van der Waals surface area contributed by atoms with E-state index in [1.165, 1.54) is 7.11 Å². The minimum Gasteiger partial charge on any atom is -0.383 e. The van der Waals surface area contributed by atoms with E-state index in [-0.39, 0.29) is 12.5 Å². The van der Waals surface area contributed by atoms with Crippen LogP contribution in [-0.4, -0.2) is 35.4 Å². The van der Waals surface area contributed by atoms with Gasteiger partial charge in [0.25, 0.3) is 0 Å². The fourth-order valence-electron chi connectivity index (χ4n) is 1.67. The van der Waals surface area contributed by atoms with Crippen LogP contribution >= 0.6 is 0 Å². The maximum absolute atomic E-state index is 11.9. The molecule has 2 rings (SSSR count). The third-order valence-electron chi connectivity index (χ3n) is 2.60. The number of hydrogen-bond donors (Lipinski definition) is 2. The van der Waals surface area contributed by atoms with Crippen molar-refractivity contribution in [3.63, 3.8) is 0 Å². The zero-order chi connectivity index (χ0) is 13.7. The lowest BCUT2D eigenvalue weighted by atomic mass is 10.2. The van der Waals surface area contributed by atoms with Gasteiger partial charge in [0, 0.05) is 19.5 Å². The summed E-state index contributed by atoms with van der Waals surface area (Å²) >= 11 is 0. The van der Waals surface area contributed by atoms with E-state index in [0.29, 0.717) is 5.69 Å². The summed E-state index contributed by atoms with van der Waals surface area (Å²) in [6, 6.07) is 8.50. The van der Waals surface area contributed by atoms with E-state index in [4.69, 9.17) is 10.5 Å². The van der Waals surface area contributed by atoms with Crippen LogP contribution in [-0.2, 0) is 9.53 Å². The number of hydrogen-bond acceptors (Lipinski definition) is 4. The van der Waals surface area contributed by atoms with Crippen molar-refractivity contribution in [3.8, 4) is 5.69 Å². The molecule has 1 heterocycles. The molecular formula is C13H16N4O2. The molecular weight excluding hydrogens is 244 g/mol. The normalized spacial score (nSPS) is 12.1. The average molecular weight is 260 g/mol. The molecule has 2 aromatic rings. The van der Waals surface area contributed by atoms with Gasteiger partial charge in [-0.2, -0.15) is 5.10 Å². The predicted octanol–water partition coefficient (Wildman–Crippen LogP) is 0.784. The fourth-order valence-corrected chi connectivity index (χ4v) is 1.67. The van der Waals surface area contributed by atoms with Crippen LogP contribution in [0.2, 0.25) is 0 Å². The number of rotatable bonds is 5. The average Bonchev–Trinajstić information content (AvgIpc) is 2.93. The summed E-state index contributed by atoms with van der Waals surface area (Å²) < 4.78 is 6.54. The summed E-state index contributed by atoms with van der Waals surface area (Å²) in [7, 11) is 1.50. The third kappa shape index (κ3) is 3.18. The quantitative estimate of drug-likeness (QED) is 0.832. The topological polar surface area (TPSA) is 82.2 Å². The standard InChI is InChI=1S/C13H16N4O2/c1-19-9-10(14)13(18)16-11-5-2-3-6-12(11)17-8-4-7-15-17/h2-8,10H,9,14H2,1H3,(H,16,18). The molecule has 1 aromatic carbocycles. The first-order valence-corrected chi connectivity index (χ1v) is 5.87. The summed E-state index contributed by atoms with van der Waals surface area (Å²) in [5, 5.41) is 6.92. The first-order chi connectivity index (χ1) is 9.22. The van der Waals surface area contributed by atoms with Crippen molar-refractivity contribution in [2.24, 2.45) is 5.73 Å². The van der Waals surface area contributed by atoms with Crippen LogP contribution in [0.4, 0.5) is 5.69 Å². The predicted molar refractivity (Wildman–Crippen MR) is 72.0 cm³/mol. The molecule has 0 bridgehead atoms. The van der Waals surface area contributed by atoms with Gasteiger partial charge in [-0.15, -0.1) is 0 Å². The van der Waals surface area contributed by atoms with Gasteiger partial charge in [-0.05, 0) is 18.2 Å². The Morgan fingerprint density at radius 2 is 2.26 bits per heavy atom. The highest BCUT2D eigenvalue weighted by Crippen LogP contribution is 2.18. The Morgan fingerprint density at radius 1 is 1.47 bits per heavy atom. The molecule has 0 radical (unpaired) electrons. The highest BCUT2D eigenvalue weighted by Gasteiger charge is 2.15. The summed E-state index contributed by atoms with van der Waals surface area (Å²) in [6.45, 7) is 0.176. The zero-order valence-corrected chi connectivity index (χ0v) is 10.6. The lowest BCUT2D eigenvalue weighted by Crippen LogP contribution is -2.39. The van der Waals surface area contributed by atoms with Gasteiger partial charge in [0.2, 0.25) is 5.91 Å². The number of carbonyl (C=O) groups excluding carboxylic acids is 1. The second-order valence-electron chi connectivity index (χ2n) is 4.02. The first kappa shape index (κ1) is 13.3. The molecule has 1 atom stereocenters. The van der Waals surface area contributed by atoms with Crippen molar-refractivity contribution in [3.05, 3.63) is 42.7 Å². The lowest BCUT2D eigenvalue weighted by molar-refractivity contribution is -0.118. The summed E-state index contributed by atoms with van der Waals surface area (Å²) in [5.41, 5.74) is 7.12. The van der Waals surface area contributed by atoms with Gasteiger partial charge in [0.15, 0.2) is 0 Å². The molecule has 19 heavy (non-hydrogen) atoms. The molecule has 0 saturated heterocycles. The number of carbonyl (C=O) groups is 1. The molecule has 6 heteroatoms. The van der Waals surface area contributed by atoms with Crippen molar-refractivity contribution < 1.29 is 9.53 Å². The van der Waals surface area contributed by atoms with E-state index in [2.05, 4.69) is 10.4 Å². The summed E-state index contributed by atoms with van der Waals surface area (Å²) in [6.07, 6.45) is 3.48. The summed E-state index contributed by atoms with van der Waals surface area (Å²) in [4.78, 5) is 11.9. The van der Waals surface area contributed by atoms with Crippen LogP contribution in [0.3, 0.4) is 0 Å². The number of amides is 1. The van der Waals surface area contributed by atoms with E-state index in [1.54, 1.807) is 23.1 Å². The SMILES string of the molecule is COCC(N)C(=O)Nc1ccccc1-n1cccn1. The molecule has 1 amide bonds. The van der Waals surface area contributed by atoms with Crippen LogP contribution in [0, 0.1) is 0 Å². The number of benzene rings is 1. The number of nitrogens with one attached hydrogen (secondary N) is 1. The third-order valence-corrected chi connectivity index (χ3v) is 2.60. The first-order valence-electron chi connectivity index (χ1n) is 5.87. The van der Waals surface area contributed by atoms with Crippen LogP contribution in [0.1, 0.15) is 0 Å². The Bertz CT molecular complexity index is 539. The second-order valence-corrected chi connectivity index (χ2v) is 4.02. The van der Waals surface area contributed by atoms with Gasteiger partial charge in [0.05, 0.1) is 18.0 Å². The number of nitrogens with two attached hydrogens (primary N) is 1. The van der Waals surface area contributed by atoms with Gasteiger partial charge in [-0.25, -0.2) is 4.68 Å². The highest BCUT2D eigenvalue weighted by atomic mass is 16.5. The number of aromatic nitrogens is 2. The fraction of sp³-hybridized carbons (Fsp3) is 0.231.